The van der Waals surface area contributed by atoms with E-state index < -0.39 is 5.54 Å². The predicted octanol–water partition coefficient (Wildman–Crippen LogP) is 2.90. The average molecular weight is 379 g/mol. The molecule has 0 radical (unpaired) electrons. The summed E-state index contributed by atoms with van der Waals surface area (Å²) in [5.74, 6) is 0.161. The number of piperidine rings is 1. The Bertz CT molecular complexity index is 666. The molecule has 0 aromatic heterocycles. The Morgan fingerprint density at radius 2 is 1.96 bits per heavy atom. The van der Waals surface area contributed by atoms with E-state index in [0.29, 0.717) is 37.6 Å². The number of carbonyl (C=O) groups is 2. The number of hydrogen-bond acceptors (Lipinski definition) is 3. The summed E-state index contributed by atoms with van der Waals surface area (Å²) in [5, 5.41) is 0.691. The van der Waals surface area contributed by atoms with Crippen molar-refractivity contribution in [1.82, 2.24) is 9.80 Å². The lowest BCUT2D eigenvalue weighted by molar-refractivity contribution is -0.155. The number of amides is 2. The van der Waals surface area contributed by atoms with Crippen molar-refractivity contribution in [3.05, 3.63) is 34.9 Å². The zero-order chi connectivity index (χ0) is 18.6. The topological polar surface area (TPSA) is 49.9 Å². The van der Waals surface area contributed by atoms with Crippen LogP contribution in [0.25, 0.3) is 0 Å². The summed E-state index contributed by atoms with van der Waals surface area (Å²) in [6.45, 7) is 2.55. The van der Waals surface area contributed by atoms with Crippen molar-refractivity contribution in [2.75, 3.05) is 33.4 Å². The molecule has 0 saturated carbocycles. The molecule has 2 aliphatic heterocycles. The maximum atomic E-state index is 13.2. The highest BCUT2D eigenvalue weighted by atomic mass is 35.5. The van der Waals surface area contributed by atoms with Gasteiger partial charge in [-0.2, -0.15) is 0 Å². The van der Waals surface area contributed by atoms with E-state index in [2.05, 4.69) is 0 Å². The minimum Gasteiger partial charge on any atom is -0.383 e. The van der Waals surface area contributed by atoms with Crippen LogP contribution in [0.15, 0.2) is 24.3 Å². The van der Waals surface area contributed by atoms with Gasteiger partial charge in [0.1, 0.15) is 5.54 Å². The fourth-order valence-electron chi connectivity index (χ4n) is 4.28. The van der Waals surface area contributed by atoms with Crippen molar-refractivity contribution in [1.29, 1.82) is 0 Å². The van der Waals surface area contributed by atoms with Gasteiger partial charge in [-0.15, -0.1) is 0 Å². The molecular formula is C20H27ClN2O3. The minimum atomic E-state index is -0.635. The highest BCUT2D eigenvalue weighted by molar-refractivity contribution is 6.31. The van der Waals surface area contributed by atoms with Gasteiger partial charge in [-0.3, -0.25) is 9.59 Å². The Kier molecular flexibility index (Phi) is 6.20. The molecule has 26 heavy (non-hydrogen) atoms. The summed E-state index contributed by atoms with van der Waals surface area (Å²) in [6.07, 6.45) is 4.36. The van der Waals surface area contributed by atoms with E-state index >= 15 is 0 Å². The standard InChI is InChI=1S/C20H27ClN2O3/c1-26-15-14-22-12-4-10-20(19(22)25)11-5-13-23(20)18(24)9-8-16-6-2-3-7-17(16)21/h2-3,6-7H,4-5,8-15H2,1H3. The summed E-state index contributed by atoms with van der Waals surface area (Å²) in [7, 11) is 1.64. The molecule has 0 bridgehead atoms. The van der Waals surface area contributed by atoms with E-state index in [4.69, 9.17) is 16.3 Å². The third-order valence-corrected chi connectivity index (χ3v) is 5.99. The molecule has 2 amide bonds. The number of methoxy groups -OCH3 is 1. The molecule has 0 aliphatic carbocycles. The number of carbonyl (C=O) groups excluding carboxylic acids is 2. The van der Waals surface area contributed by atoms with Gasteiger partial charge in [0.2, 0.25) is 11.8 Å². The van der Waals surface area contributed by atoms with Crippen LogP contribution >= 0.6 is 11.6 Å². The molecule has 3 rings (SSSR count). The molecule has 2 fully saturated rings. The molecule has 142 valence electrons. The van der Waals surface area contributed by atoms with Gasteiger partial charge in [-0.1, -0.05) is 29.8 Å². The van der Waals surface area contributed by atoms with E-state index in [1.165, 1.54) is 0 Å². The number of ether oxygens (including phenoxy) is 1. The van der Waals surface area contributed by atoms with Gasteiger partial charge in [0, 0.05) is 38.2 Å². The second kappa shape index (κ2) is 8.40. The molecule has 1 aromatic carbocycles. The first-order valence-electron chi connectivity index (χ1n) is 9.41. The molecule has 0 N–H and O–H groups in total. The maximum absolute atomic E-state index is 13.2. The monoisotopic (exact) mass is 378 g/mol. The normalized spacial score (nSPS) is 23.1. The van der Waals surface area contributed by atoms with Crippen molar-refractivity contribution in [2.24, 2.45) is 0 Å². The Hall–Kier alpha value is -1.59. The smallest absolute Gasteiger partial charge is 0.248 e. The maximum Gasteiger partial charge on any atom is 0.248 e. The average Bonchev–Trinajstić information content (AvgIpc) is 3.07. The van der Waals surface area contributed by atoms with Crippen molar-refractivity contribution in [2.45, 2.75) is 44.1 Å². The lowest BCUT2D eigenvalue weighted by atomic mass is 9.85. The first-order chi connectivity index (χ1) is 12.6. The number of hydrogen-bond donors (Lipinski definition) is 0. The minimum absolute atomic E-state index is 0.0596. The highest BCUT2D eigenvalue weighted by Gasteiger charge is 2.52. The molecule has 6 heteroatoms. The molecule has 1 unspecified atom stereocenters. The van der Waals surface area contributed by atoms with Gasteiger partial charge < -0.3 is 14.5 Å². The fourth-order valence-corrected chi connectivity index (χ4v) is 4.51. The van der Waals surface area contributed by atoms with Crippen LogP contribution in [-0.2, 0) is 20.7 Å². The molecular weight excluding hydrogens is 352 g/mol. The van der Waals surface area contributed by atoms with Gasteiger partial charge in [0.15, 0.2) is 0 Å². The van der Waals surface area contributed by atoms with Crippen LogP contribution in [0, 0.1) is 0 Å². The number of benzene rings is 1. The number of likely N-dealkylation sites (tertiary alicyclic amines) is 2. The summed E-state index contributed by atoms with van der Waals surface area (Å²) < 4.78 is 5.13. The van der Waals surface area contributed by atoms with Crippen LogP contribution < -0.4 is 0 Å². The SMILES string of the molecule is COCCN1CCCC2(CCCN2C(=O)CCc2ccccc2Cl)C1=O. The highest BCUT2D eigenvalue weighted by Crippen LogP contribution is 2.38. The van der Waals surface area contributed by atoms with Gasteiger partial charge in [-0.05, 0) is 43.7 Å². The zero-order valence-electron chi connectivity index (χ0n) is 15.4. The molecule has 5 nitrogen and oxygen atoms in total. The van der Waals surface area contributed by atoms with Crippen molar-refractivity contribution in [3.63, 3.8) is 0 Å². The van der Waals surface area contributed by atoms with Crippen LogP contribution in [0.5, 0.6) is 0 Å². The lowest BCUT2D eigenvalue weighted by Gasteiger charge is -2.44. The fraction of sp³-hybridized carbons (Fsp3) is 0.600. The van der Waals surface area contributed by atoms with Crippen LogP contribution in [0.2, 0.25) is 5.02 Å². The second-order valence-corrected chi connectivity index (χ2v) is 7.57. The van der Waals surface area contributed by atoms with Gasteiger partial charge in [-0.25, -0.2) is 0 Å². The summed E-state index contributed by atoms with van der Waals surface area (Å²) >= 11 is 6.20. The quantitative estimate of drug-likeness (QED) is 0.764. The van der Waals surface area contributed by atoms with Crippen molar-refractivity contribution >= 4 is 23.4 Å². The van der Waals surface area contributed by atoms with Crippen LogP contribution in [0.3, 0.4) is 0 Å². The predicted molar refractivity (Wildman–Crippen MR) is 101 cm³/mol. The number of halogens is 1. The molecule has 1 atom stereocenters. The molecule has 2 saturated heterocycles. The molecule has 1 aromatic rings. The van der Waals surface area contributed by atoms with E-state index in [-0.39, 0.29) is 11.8 Å². The lowest BCUT2D eigenvalue weighted by Crippen LogP contribution is -2.61. The third kappa shape index (κ3) is 3.74. The van der Waals surface area contributed by atoms with E-state index in [9.17, 15) is 9.59 Å². The first kappa shape index (κ1) is 19.2. The van der Waals surface area contributed by atoms with Gasteiger partial charge in [0.25, 0.3) is 0 Å². The number of aryl methyl sites for hydroxylation is 1. The Morgan fingerprint density at radius 1 is 1.23 bits per heavy atom. The van der Waals surface area contributed by atoms with E-state index in [1.807, 2.05) is 34.1 Å². The molecule has 2 heterocycles. The van der Waals surface area contributed by atoms with Gasteiger partial charge in [0.05, 0.1) is 6.61 Å². The van der Waals surface area contributed by atoms with Crippen LogP contribution in [-0.4, -0.2) is 60.5 Å². The number of nitrogens with zero attached hydrogens (tertiary/aromatic N) is 2. The third-order valence-electron chi connectivity index (χ3n) is 5.62. The largest absolute Gasteiger partial charge is 0.383 e. The summed E-state index contributed by atoms with van der Waals surface area (Å²) in [4.78, 5) is 29.8. The van der Waals surface area contributed by atoms with Crippen LogP contribution in [0.1, 0.15) is 37.7 Å². The summed E-state index contributed by atoms with van der Waals surface area (Å²) in [5.41, 5.74) is 0.344. The molecule has 2 aliphatic rings. The zero-order valence-corrected chi connectivity index (χ0v) is 16.1. The molecule has 1 spiro atoms. The van der Waals surface area contributed by atoms with Crippen molar-refractivity contribution < 1.29 is 14.3 Å². The number of rotatable bonds is 6. The summed E-state index contributed by atoms with van der Waals surface area (Å²) in [6, 6.07) is 7.62. The van der Waals surface area contributed by atoms with Crippen molar-refractivity contribution in [3.8, 4) is 0 Å². The first-order valence-corrected chi connectivity index (χ1v) is 9.78. The second-order valence-electron chi connectivity index (χ2n) is 7.16. The Labute approximate surface area is 160 Å². The Morgan fingerprint density at radius 3 is 2.69 bits per heavy atom. The van der Waals surface area contributed by atoms with Crippen LogP contribution in [0.4, 0.5) is 0 Å². The van der Waals surface area contributed by atoms with E-state index in [1.54, 1.807) is 7.11 Å². The van der Waals surface area contributed by atoms with E-state index in [0.717, 1.165) is 37.8 Å². The Balaban J connectivity index is 1.69. The van der Waals surface area contributed by atoms with Gasteiger partial charge >= 0.3 is 0 Å².